The van der Waals surface area contributed by atoms with Crippen molar-refractivity contribution in [2.24, 2.45) is 0 Å². The summed E-state index contributed by atoms with van der Waals surface area (Å²) in [6, 6.07) is 4.56. The van der Waals surface area contributed by atoms with Gasteiger partial charge in [-0.2, -0.15) is 0 Å². The summed E-state index contributed by atoms with van der Waals surface area (Å²) >= 11 is 3.42. The van der Waals surface area contributed by atoms with Crippen LogP contribution in [0.2, 0.25) is 0 Å². The van der Waals surface area contributed by atoms with E-state index >= 15 is 0 Å². The fraction of sp³-hybridized carbons (Fsp3) is 0.308. The Labute approximate surface area is 119 Å². The van der Waals surface area contributed by atoms with Crippen LogP contribution in [0.4, 0.5) is 10.3 Å². The molecule has 0 fully saturated rings. The summed E-state index contributed by atoms with van der Waals surface area (Å²) in [5.74, 6) is 0.402. The van der Waals surface area contributed by atoms with E-state index in [0.717, 1.165) is 17.4 Å². The van der Waals surface area contributed by atoms with Crippen molar-refractivity contribution in [3.63, 3.8) is 0 Å². The minimum atomic E-state index is -0.280. The monoisotopic (exact) mass is 327 g/mol. The molecule has 2 aromatic rings. The van der Waals surface area contributed by atoms with Gasteiger partial charge in [0.15, 0.2) is 0 Å². The number of ether oxygens (including phenoxy) is 1. The Morgan fingerprint density at radius 2 is 2.32 bits per heavy atom. The summed E-state index contributed by atoms with van der Waals surface area (Å²) in [4.78, 5) is 4.23. The normalized spacial score (nSPS) is 10.7. The number of methoxy groups -OCH3 is 1. The van der Waals surface area contributed by atoms with Crippen molar-refractivity contribution < 1.29 is 9.13 Å². The van der Waals surface area contributed by atoms with Crippen molar-refractivity contribution in [2.45, 2.75) is 6.42 Å². The molecule has 1 aromatic carbocycles. The fourth-order valence-electron chi connectivity index (χ4n) is 1.72. The molecule has 2 rings (SSSR count). The van der Waals surface area contributed by atoms with Crippen LogP contribution >= 0.6 is 15.9 Å². The van der Waals surface area contributed by atoms with Crippen LogP contribution in [0.25, 0.3) is 5.69 Å². The maximum atomic E-state index is 13.3. The highest BCUT2D eigenvalue weighted by molar-refractivity contribution is 9.10. The predicted molar refractivity (Wildman–Crippen MR) is 76.2 cm³/mol. The first-order valence-corrected chi connectivity index (χ1v) is 6.73. The first-order chi connectivity index (χ1) is 9.22. The van der Waals surface area contributed by atoms with Crippen molar-refractivity contribution in [1.82, 2.24) is 9.55 Å². The second-order valence-corrected chi connectivity index (χ2v) is 4.84. The van der Waals surface area contributed by atoms with Crippen molar-refractivity contribution in [2.75, 3.05) is 25.6 Å². The molecule has 0 bridgehead atoms. The standard InChI is InChI=1S/C13H15BrFN3O/c1-19-8-2-5-16-13-17-6-7-18(13)12-9-10(15)3-4-11(12)14/h3-4,6-7,9H,2,5,8H2,1H3,(H,16,17). The van der Waals surface area contributed by atoms with Crippen LogP contribution in [0.5, 0.6) is 0 Å². The lowest BCUT2D eigenvalue weighted by Gasteiger charge is -2.11. The Morgan fingerprint density at radius 3 is 3.11 bits per heavy atom. The SMILES string of the molecule is COCCCNc1nccn1-c1cc(F)ccc1Br. The Morgan fingerprint density at radius 1 is 1.47 bits per heavy atom. The van der Waals surface area contributed by atoms with Gasteiger partial charge in [-0.3, -0.25) is 4.57 Å². The number of rotatable bonds is 6. The molecule has 0 aliphatic carbocycles. The number of hydrogen-bond acceptors (Lipinski definition) is 3. The molecule has 19 heavy (non-hydrogen) atoms. The Hall–Kier alpha value is -1.40. The molecule has 1 aromatic heterocycles. The summed E-state index contributed by atoms with van der Waals surface area (Å²) in [6.45, 7) is 1.44. The van der Waals surface area contributed by atoms with Gasteiger partial charge in [0.1, 0.15) is 5.82 Å². The molecular formula is C13H15BrFN3O. The lowest BCUT2D eigenvalue weighted by molar-refractivity contribution is 0.197. The van der Waals surface area contributed by atoms with Gasteiger partial charge in [0.25, 0.3) is 0 Å². The van der Waals surface area contributed by atoms with E-state index in [2.05, 4.69) is 26.2 Å². The molecule has 0 spiro atoms. The molecule has 0 saturated heterocycles. The van der Waals surface area contributed by atoms with Gasteiger partial charge < -0.3 is 10.1 Å². The van der Waals surface area contributed by atoms with E-state index < -0.39 is 0 Å². The first-order valence-electron chi connectivity index (χ1n) is 5.94. The van der Waals surface area contributed by atoms with Crippen molar-refractivity contribution in [3.8, 4) is 5.69 Å². The number of imidazole rings is 1. The third-order valence-electron chi connectivity index (χ3n) is 2.62. The van der Waals surface area contributed by atoms with Crippen LogP contribution in [0.15, 0.2) is 35.1 Å². The smallest absolute Gasteiger partial charge is 0.207 e. The Bertz CT molecular complexity index is 544. The number of anilines is 1. The minimum Gasteiger partial charge on any atom is -0.385 e. The van der Waals surface area contributed by atoms with Crippen LogP contribution in [-0.4, -0.2) is 29.8 Å². The molecule has 6 heteroatoms. The molecule has 0 atom stereocenters. The summed E-state index contributed by atoms with van der Waals surface area (Å²) in [5, 5.41) is 3.20. The van der Waals surface area contributed by atoms with Crippen LogP contribution < -0.4 is 5.32 Å². The molecule has 0 aliphatic heterocycles. The summed E-state index contributed by atoms with van der Waals surface area (Å²) in [6.07, 6.45) is 4.35. The first kappa shape index (κ1) is 14.0. The highest BCUT2D eigenvalue weighted by atomic mass is 79.9. The minimum absolute atomic E-state index is 0.280. The highest BCUT2D eigenvalue weighted by Gasteiger charge is 2.08. The van der Waals surface area contributed by atoms with Gasteiger partial charge in [-0.1, -0.05) is 0 Å². The van der Waals surface area contributed by atoms with Crippen molar-refractivity contribution >= 4 is 21.9 Å². The summed E-state index contributed by atoms with van der Waals surface area (Å²) in [7, 11) is 1.67. The lowest BCUT2D eigenvalue weighted by Crippen LogP contribution is -2.09. The second kappa shape index (κ2) is 6.68. The predicted octanol–water partition coefficient (Wildman–Crippen LogP) is 3.22. The van der Waals surface area contributed by atoms with Gasteiger partial charge in [0.05, 0.1) is 5.69 Å². The molecule has 0 amide bonds. The van der Waals surface area contributed by atoms with Gasteiger partial charge in [-0.05, 0) is 40.5 Å². The zero-order chi connectivity index (χ0) is 13.7. The number of nitrogens with zero attached hydrogens (tertiary/aromatic N) is 2. The van der Waals surface area contributed by atoms with Gasteiger partial charge in [0.2, 0.25) is 5.95 Å². The second-order valence-electron chi connectivity index (χ2n) is 3.99. The molecule has 1 heterocycles. The average molecular weight is 328 g/mol. The zero-order valence-electron chi connectivity index (χ0n) is 10.6. The molecule has 0 unspecified atom stereocenters. The lowest BCUT2D eigenvalue weighted by atomic mass is 10.3. The fourth-order valence-corrected chi connectivity index (χ4v) is 2.15. The third kappa shape index (κ3) is 3.54. The maximum Gasteiger partial charge on any atom is 0.207 e. The average Bonchev–Trinajstić information content (AvgIpc) is 2.86. The van der Waals surface area contributed by atoms with Crippen LogP contribution in [0, 0.1) is 5.82 Å². The summed E-state index contributed by atoms with van der Waals surface area (Å²) in [5.41, 5.74) is 0.715. The molecule has 102 valence electrons. The highest BCUT2D eigenvalue weighted by Crippen LogP contribution is 2.24. The van der Waals surface area contributed by atoms with E-state index in [9.17, 15) is 4.39 Å². The van der Waals surface area contributed by atoms with E-state index in [1.807, 2.05) is 0 Å². The van der Waals surface area contributed by atoms with E-state index in [1.165, 1.54) is 12.1 Å². The van der Waals surface area contributed by atoms with Crippen molar-refractivity contribution in [3.05, 3.63) is 40.9 Å². The molecule has 1 N–H and O–H groups in total. The Kier molecular flexibility index (Phi) is 4.93. The number of hydrogen-bond donors (Lipinski definition) is 1. The number of benzene rings is 1. The number of aromatic nitrogens is 2. The molecule has 0 radical (unpaired) electrons. The molecule has 0 saturated carbocycles. The van der Waals surface area contributed by atoms with E-state index in [-0.39, 0.29) is 5.82 Å². The van der Waals surface area contributed by atoms with Crippen LogP contribution in [0.1, 0.15) is 6.42 Å². The molecular weight excluding hydrogens is 313 g/mol. The van der Waals surface area contributed by atoms with Crippen LogP contribution in [0.3, 0.4) is 0 Å². The number of nitrogens with one attached hydrogen (secondary N) is 1. The van der Waals surface area contributed by atoms with Crippen molar-refractivity contribution in [1.29, 1.82) is 0 Å². The molecule has 0 aliphatic rings. The summed E-state index contributed by atoms with van der Waals surface area (Å²) < 4.78 is 20.9. The Balaban J connectivity index is 2.16. The van der Waals surface area contributed by atoms with E-state index in [0.29, 0.717) is 18.2 Å². The van der Waals surface area contributed by atoms with Gasteiger partial charge in [-0.15, -0.1) is 0 Å². The molecule has 4 nitrogen and oxygen atoms in total. The van der Waals surface area contributed by atoms with Crippen LogP contribution in [-0.2, 0) is 4.74 Å². The largest absolute Gasteiger partial charge is 0.385 e. The maximum absolute atomic E-state index is 13.3. The van der Waals surface area contributed by atoms with E-state index in [1.54, 1.807) is 30.1 Å². The quantitative estimate of drug-likeness (QED) is 0.828. The third-order valence-corrected chi connectivity index (χ3v) is 3.29. The van der Waals surface area contributed by atoms with Gasteiger partial charge >= 0.3 is 0 Å². The number of halogens is 2. The zero-order valence-corrected chi connectivity index (χ0v) is 12.2. The van der Waals surface area contributed by atoms with E-state index in [4.69, 9.17) is 4.74 Å². The van der Waals surface area contributed by atoms with Gasteiger partial charge in [0, 0.05) is 37.1 Å². The topological polar surface area (TPSA) is 39.1 Å². The van der Waals surface area contributed by atoms with Gasteiger partial charge in [-0.25, -0.2) is 9.37 Å².